The maximum Gasteiger partial charge on any atom is 0.307 e. The van der Waals surface area contributed by atoms with Gasteiger partial charge in [-0.15, -0.1) is 0 Å². The zero-order valence-electron chi connectivity index (χ0n) is 11.0. The van der Waals surface area contributed by atoms with Crippen LogP contribution in [0.15, 0.2) is 17.0 Å². The molecular formula is C11H14Cl2N2O5S. The number of nitrogens with one attached hydrogen (secondary N) is 1. The highest BCUT2D eigenvalue weighted by Gasteiger charge is 2.27. The van der Waals surface area contributed by atoms with E-state index in [0.717, 1.165) is 12.1 Å². The highest BCUT2D eigenvalue weighted by atomic mass is 35.5. The van der Waals surface area contributed by atoms with Crippen LogP contribution < -0.4 is 4.72 Å². The number of nitro groups is 1. The SMILES string of the molecule is CC(CCO)CNS(=O)(=O)c1ccc(Cl)c([N+](=O)[O-])c1Cl. The fourth-order valence-corrected chi connectivity index (χ4v) is 3.60. The molecule has 1 aromatic carbocycles. The van der Waals surface area contributed by atoms with Crippen molar-refractivity contribution in [2.75, 3.05) is 13.2 Å². The fraction of sp³-hybridized carbons (Fsp3) is 0.455. The lowest BCUT2D eigenvalue weighted by atomic mass is 10.1. The molecule has 10 heteroatoms. The second-order valence-electron chi connectivity index (χ2n) is 4.43. The van der Waals surface area contributed by atoms with Crippen molar-refractivity contribution >= 4 is 38.9 Å². The molecule has 0 heterocycles. The second kappa shape index (κ2) is 7.37. The van der Waals surface area contributed by atoms with E-state index in [-0.39, 0.29) is 24.1 Å². The number of nitro benzene ring substituents is 1. The molecule has 2 N–H and O–H groups in total. The van der Waals surface area contributed by atoms with Crippen molar-refractivity contribution in [2.45, 2.75) is 18.2 Å². The zero-order chi connectivity index (χ0) is 16.2. The van der Waals surface area contributed by atoms with Crippen LogP contribution in [-0.4, -0.2) is 31.6 Å². The minimum atomic E-state index is -4.00. The summed E-state index contributed by atoms with van der Waals surface area (Å²) in [4.78, 5) is 9.63. The smallest absolute Gasteiger partial charge is 0.307 e. The van der Waals surface area contributed by atoms with E-state index in [0.29, 0.717) is 6.42 Å². The van der Waals surface area contributed by atoms with E-state index in [4.69, 9.17) is 28.3 Å². The first kappa shape index (κ1) is 18.1. The average molecular weight is 357 g/mol. The third kappa shape index (κ3) is 4.52. The summed E-state index contributed by atoms with van der Waals surface area (Å²) in [7, 11) is -4.00. The molecule has 0 fully saturated rings. The Morgan fingerprint density at radius 3 is 2.57 bits per heavy atom. The van der Waals surface area contributed by atoms with Crippen LogP contribution in [0.3, 0.4) is 0 Å². The highest BCUT2D eigenvalue weighted by Crippen LogP contribution is 2.36. The van der Waals surface area contributed by atoms with Crippen LogP contribution in [-0.2, 0) is 10.0 Å². The number of aliphatic hydroxyl groups excluding tert-OH is 1. The van der Waals surface area contributed by atoms with E-state index in [1.165, 1.54) is 0 Å². The number of halogens is 2. The summed E-state index contributed by atoms with van der Waals surface area (Å²) >= 11 is 11.4. The average Bonchev–Trinajstić information content (AvgIpc) is 2.36. The molecule has 21 heavy (non-hydrogen) atoms. The van der Waals surface area contributed by atoms with E-state index in [1.54, 1.807) is 6.92 Å². The minimum Gasteiger partial charge on any atom is -0.396 e. The Bertz CT molecular complexity index is 636. The van der Waals surface area contributed by atoms with Crippen LogP contribution in [0, 0.1) is 16.0 Å². The Morgan fingerprint density at radius 2 is 2.05 bits per heavy atom. The molecule has 0 saturated carbocycles. The molecule has 118 valence electrons. The Kier molecular flexibility index (Phi) is 6.36. The highest BCUT2D eigenvalue weighted by molar-refractivity contribution is 7.89. The number of benzene rings is 1. The molecule has 0 saturated heterocycles. The van der Waals surface area contributed by atoms with Crippen molar-refractivity contribution in [1.82, 2.24) is 4.72 Å². The normalized spacial score (nSPS) is 13.1. The maximum absolute atomic E-state index is 12.1. The molecular weight excluding hydrogens is 343 g/mol. The Labute approximate surface area is 132 Å². The van der Waals surface area contributed by atoms with Gasteiger partial charge in [-0.1, -0.05) is 30.1 Å². The maximum atomic E-state index is 12.1. The molecule has 0 amide bonds. The number of nitrogens with zero attached hydrogens (tertiary/aromatic N) is 1. The largest absolute Gasteiger partial charge is 0.396 e. The van der Waals surface area contributed by atoms with Crippen molar-refractivity contribution in [3.05, 3.63) is 32.3 Å². The molecule has 0 aliphatic heterocycles. The predicted molar refractivity (Wildman–Crippen MR) is 79.2 cm³/mol. The van der Waals surface area contributed by atoms with Gasteiger partial charge in [0.05, 0.1) is 4.92 Å². The van der Waals surface area contributed by atoms with E-state index in [2.05, 4.69) is 4.72 Å². The van der Waals surface area contributed by atoms with Gasteiger partial charge in [-0.3, -0.25) is 10.1 Å². The molecule has 0 bridgehead atoms. The summed E-state index contributed by atoms with van der Waals surface area (Å²) in [5.74, 6) is -0.0918. The van der Waals surface area contributed by atoms with Gasteiger partial charge in [0.25, 0.3) is 0 Å². The first-order valence-corrected chi connectivity index (χ1v) is 8.17. The number of rotatable bonds is 7. The standard InChI is InChI=1S/C11H14Cl2N2O5S/c1-7(4-5-16)6-14-21(19,20)9-3-2-8(12)11(10(9)13)15(17)18/h2-3,7,14,16H,4-6H2,1H3. The Hall–Kier alpha value is -0.930. The molecule has 0 radical (unpaired) electrons. The van der Waals surface area contributed by atoms with Gasteiger partial charge in [-0.25, -0.2) is 13.1 Å². The van der Waals surface area contributed by atoms with Crippen LogP contribution in [0.1, 0.15) is 13.3 Å². The van der Waals surface area contributed by atoms with Crippen molar-refractivity contribution in [1.29, 1.82) is 0 Å². The molecule has 1 aromatic rings. The molecule has 0 aliphatic carbocycles. The van der Waals surface area contributed by atoms with Crippen LogP contribution >= 0.6 is 23.2 Å². The van der Waals surface area contributed by atoms with E-state index >= 15 is 0 Å². The summed E-state index contributed by atoms with van der Waals surface area (Å²) in [6.07, 6.45) is 0.428. The third-order valence-electron chi connectivity index (χ3n) is 2.75. The minimum absolute atomic E-state index is 0.0595. The number of aliphatic hydroxyl groups is 1. The first-order chi connectivity index (χ1) is 9.70. The van der Waals surface area contributed by atoms with E-state index in [9.17, 15) is 18.5 Å². The molecule has 0 aliphatic rings. The fourth-order valence-electron chi connectivity index (χ4n) is 1.55. The summed E-state index contributed by atoms with van der Waals surface area (Å²) in [5.41, 5.74) is -0.649. The monoisotopic (exact) mass is 356 g/mol. The van der Waals surface area contributed by atoms with E-state index < -0.39 is 30.6 Å². The van der Waals surface area contributed by atoms with Gasteiger partial charge >= 0.3 is 5.69 Å². The van der Waals surface area contributed by atoms with Gasteiger partial charge in [0.1, 0.15) is 14.9 Å². The summed E-state index contributed by atoms with van der Waals surface area (Å²) in [5, 5.41) is 18.9. The van der Waals surface area contributed by atoms with Gasteiger partial charge in [0, 0.05) is 13.2 Å². The summed E-state index contributed by atoms with van der Waals surface area (Å²) < 4.78 is 26.5. The lowest BCUT2D eigenvalue weighted by Gasteiger charge is -2.12. The van der Waals surface area contributed by atoms with Gasteiger partial charge in [-0.2, -0.15) is 0 Å². The van der Waals surface area contributed by atoms with Gasteiger partial charge in [0.2, 0.25) is 10.0 Å². The number of sulfonamides is 1. The van der Waals surface area contributed by atoms with Crippen LogP contribution in [0.4, 0.5) is 5.69 Å². The number of hydrogen-bond donors (Lipinski definition) is 2. The topological polar surface area (TPSA) is 110 Å². The Morgan fingerprint density at radius 1 is 1.43 bits per heavy atom. The molecule has 0 aromatic heterocycles. The second-order valence-corrected chi connectivity index (χ2v) is 6.96. The van der Waals surface area contributed by atoms with Crippen molar-refractivity contribution in [3.63, 3.8) is 0 Å². The van der Waals surface area contributed by atoms with Crippen LogP contribution in [0.2, 0.25) is 10.0 Å². The molecule has 1 unspecified atom stereocenters. The van der Waals surface area contributed by atoms with Crippen LogP contribution in [0.5, 0.6) is 0 Å². The summed E-state index contributed by atoms with van der Waals surface area (Å²) in [6.45, 7) is 1.77. The third-order valence-corrected chi connectivity index (χ3v) is 5.01. The lowest BCUT2D eigenvalue weighted by molar-refractivity contribution is -0.384. The first-order valence-electron chi connectivity index (χ1n) is 5.93. The number of hydrogen-bond acceptors (Lipinski definition) is 5. The van der Waals surface area contributed by atoms with E-state index in [1.807, 2.05) is 0 Å². The Balaban J connectivity index is 3.10. The molecule has 7 nitrogen and oxygen atoms in total. The van der Waals surface area contributed by atoms with Crippen molar-refractivity contribution in [2.24, 2.45) is 5.92 Å². The van der Waals surface area contributed by atoms with Crippen molar-refractivity contribution < 1.29 is 18.4 Å². The van der Waals surface area contributed by atoms with Crippen molar-refractivity contribution in [3.8, 4) is 0 Å². The molecule has 0 spiro atoms. The molecule has 1 atom stereocenters. The van der Waals surface area contributed by atoms with Gasteiger partial charge in [-0.05, 0) is 24.5 Å². The zero-order valence-corrected chi connectivity index (χ0v) is 13.4. The van der Waals surface area contributed by atoms with Gasteiger partial charge in [0.15, 0.2) is 0 Å². The lowest BCUT2D eigenvalue weighted by Crippen LogP contribution is -2.29. The molecule has 1 rings (SSSR count). The quantitative estimate of drug-likeness (QED) is 0.574. The van der Waals surface area contributed by atoms with Gasteiger partial charge < -0.3 is 5.11 Å². The predicted octanol–water partition coefficient (Wildman–Crippen LogP) is 2.20. The van der Waals surface area contributed by atoms with Crippen LogP contribution in [0.25, 0.3) is 0 Å². The summed E-state index contributed by atoms with van der Waals surface area (Å²) in [6, 6.07) is 2.22.